The third kappa shape index (κ3) is 2.57. The number of anilines is 2. The number of nitrogen functional groups attached to an aromatic ring is 1. The molecule has 0 radical (unpaired) electrons. The minimum atomic E-state index is -0.158. The van der Waals surface area contributed by atoms with Gasteiger partial charge in [0.15, 0.2) is 0 Å². The molecule has 1 amide bonds. The van der Waals surface area contributed by atoms with Crippen molar-refractivity contribution in [1.29, 1.82) is 0 Å². The van der Waals surface area contributed by atoms with Gasteiger partial charge in [0.05, 0.1) is 11.9 Å². The molecule has 0 bridgehead atoms. The van der Waals surface area contributed by atoms with E-state index in [4.69, 9.17) is 5.73 Å². The van der Waals surface area contributed by atoms with Crippen LogP contribution in [0.3, 0.4) is 0 Å². The van der Waals surface area contributed by atoms with Crippen molar-refractivity contribution in [2.75, 3.05) is 11.1 Å². The van der Waals surface area contributed by atoms with Gasteiger partial charge in [0.2, 0.25) is 5.91 Å². The maximum atomic E-state index is 11.6. The molecule has 0 atom stereocenters. The molecular weight excluding hydrogens is 206 g/mol. The van der Waals surface area contributed by atoms with E-state index in [-0.39, 0.29) is 12.5 Å². The van der Waals surface area contributed by atoms with Crippen molar-refractivity contribution in [3.05, 3.63) is 36.9 Å². The Morgan fingerprint density at radius 2 is 2.19 bits per heavy atom. The first kappa shape index (κ1) is 10.2. The Bertz CT molecular complexity index is 479. The topological polar surface area (TPSA) is 85.8 Å². The summed E-state index contributed by atoms with van der Waals surface area (Å²) in [6.45, 7) is 0.138. The Morgan fingerprint density at radius 3 is 2.81 bits per heavy atom. The van der Waals surface area contributed by atoms with Gasteiger partial charge in [-0.3, -0.25) is 14.5 Å². The summed E-state index contributed by atoms with van der Waals surface area (Å²) in [5, 5.41) is 6.63. The lowest BCUT2D eigenvalue weighted by molar-refractivity contribution is -0.116. The van der Waals surface area contributed by atoms with E-state index in [9.17, 15) is 4.79 Å². The minimum Gasteiger partial charge on any atom is -0.396 e. The summed E-state index contributed by atoms with van der Waals surface area (Å²) in [5.41, 5.74) is 6.73. The second-order valence-electron chi connectivity index (χ2n) is 3.26. The van der Waals surface area contributed by atoms with E-state index in [1.807, 2.05) is 0 Å². The molecule has 0 aliphatic heterocycles. The number of aromatic nitrogens is 3. The minimum absolute atomic E-state index is 0.138. The third-order valence-corrected chi connectivity index (χ3v) is 1.92. The van der Waals surface area contributed by atoms with Crippen LogP contribution in [0.1, 0.15) is 0 Å². The summed E-state index contributed by atoms with van der Waals surface area (Å²) in [6, 6.07) is 3.44. The number of carbonyl (C=O) groups excluding carboxylic acids is 1. The first-order chi connectivity index (χ1) is 7.74. The Balaban J connectivity index is 1.95. The maximum absolute atomic E-state index is 11.6. The average molecular weight is 217 g/mol. The van der Waals surface area contributed by atoms with Gasteiger partial charge in [-0.1, -0.05) is 0 Å². The fraction of sp³-hybridized carbons (Fsp3) is 0.100. The van der Waals surface area contributed by atoms with Gasteiger partial charge in [0.1, 0.15) is 6.54 Å². The molecule has 6 nitrogen and oxygen atoms in total. The van der Waals surface area contributed by atoms with E-state index in [0.29, 0.717) is 11.4 Å². The van der Waals surface area contributed by atoms with Gasteiger partial charge in [-0.05, 0) is 12.1 Å². The van der Waals surface area contributed by atoms with Crippen LogP contribution in [0.15, 0.2) is 36.9 Å². The van der Waals surface area contributed by atoms with Crippen molar-refractivity contribution < 1.29 is 4.79 Å². The zero-order chi connectivity index (χ0) is 11.4. The Morgan fingerprint density at radius 1 is 1.44 bits per heavy atom. The largest absolute Gasteiger partial charge is 0.396 e. The van der Waals surface area contributed by atoms with Crippen molar-refractivity contribution in [3.8, 4) is 0 Å². The van der Waals surface area contributed by atoms with Crippen LogP contribution in [-0.4, -0.2) is 20.7 Å². The molecule has 6 heteroatoms. The highest BCUT2D eigenvalue weighted by Crippen LogP contribution is 2.04. The van der Waals surface area contributed by atoms with Crippen LogP contribution in [0.25, 0.3) is 0 Å². The van der Waals surface area contributed by atoms with E-state index >= 15 is 0 Å². The second kappa shape index (κ2) is 4.43. The smallest absolute Gasteiger partial charge is 0.246 e. The number of pyridine rings is 1. The number of nitrogens with zero attached hydrogens (tertiary/aromatic N) is 3. The molecule has 0 saturated carbocycles. The first-order valence-electron chi connectivity index (χ1n) is 4.72. The van der Waals surface area contributed by atoms with Crippen LogP contribution in [0, 0.1) is 0 Å². The predicted octanol–water partition coefficient (Wildman–Crippen LogP) is 0.499. The van der Waals surface area contributed by atoms with Crippen LogP contribution < -0.4 is 11.1 Å². The zero-order valence-corrected chi connectivity index (χ0v) is 8.50. The molecule has 0 aliphatic rings. The fourth-order valence-electron chi connectivity index (χ4n) is 1.25. The zero-order valence-electron chi connectivity index (χ0n) is 8.50. The summed E-state index contributed by atoms with van der Waals surface area (Å²) in [5.74, 6) is -0.158. The summed E-state index contributed by atoms with van der Waals surface area (Å²) in [4.78, 5) is 15.4. The molecule has 0 saturated heterocycles. The van der Waals surface area contributed by atoms with Gasteiger partial charge in [-0.25, -0.2) is 0 Å². The van der Waals surface area contributed by atoms with Crippen molar-refractivity contribution in [1.82, 2.24) is 14.8 Å². The number of hydrogen-bond donors (Lipinski definition) is 2. The number of rotatable bonds is 3. The molecule has 0 fully saturated rings. The fourth-order valence-corrected chi connectivity index (χ4v) is 1.25. The highest BCUT2D eigenvalue weighted by Gasteiger charge is 2.03. The average Bonchev–Trinajstić information content (AvgIpc) is 2.65. The van der Waals surface area contributed by atoms with Gasteiger partial charge in [0, 0.05) is 24.3 Å². The van der Waals surface area contributed by atoms with E-state index in [1.54, 1.807) is 30.7 Å². The van der Waals surface area contributed by atoms with E-state index < -0.39 is 0 Å². The van der Waals surface area contributed by atoms with Gasteiger partial charge in [-0.15, -0.1) is 0 Å². The van der Waals surface area contributed by atoms with Crippen LogP contribution in [0.2, 0.25) is 0 Å². The number of nitrogens with two attached hydrogens (primary N) is 1. The Hall–Kier alpha value is -2.37. The highest BCUT2D eigenvalue weighted by atomic mass is 16.2. The molecule has 0 aliphatic carbocycles. The normalized spacial score (nSPS) is 10.0. The lowest BCUT2D eigenvalue weighted by atomic mass is 10.4. The van der Waals surface area contributed by atoms with Crippen molar-refractivity contribution >= 4 is 17.3 Å². The monoisotopic (exact) mass is 217 g/mol. The van der Waals surface area contributed by atoms with Gasteiger partial charge in [-0.2, -0.15) is 5.10 Å². The number of amides is 1. The maximum Gasteiger partial charge on any atom is 0.246 e. The Kier molecular flexibility index (Phi) is 2.81. The molecule has 16 heavy (non-hydrogen) atoms. The van der Waals surface area contributed by atoms with Gasteiger partial charge < -0.3 is 11.1 Å². The third-order valence-electron chi connectivity index (χ3n) is 1.92. The van der Waals surface area contributed by atoms with Crippen molar-refractivity contribution in [2.24, 2.45) is 0 Å². The first-order valence-corrected chi connectivity index (χ1v) is 4.72. The van der Waals surface area contributed by atoms with E-state index in [1.165, 1.54) is 10.9 Å². The number of nitrogens with one attached hydrogen (secondary N) is 1. The van der Waals surface area contributed by atoms with Crippen molar-refractivity contribution in [3.63, 3.8) is 0 Å². The van der Waals surface area contributed by atoms with Gasteiger partial charge >= 0.3 is 0 Å². The number of hydrogen-bond acceptors (Lipinski definition) is 4. The highest BCUT2D eigenvalue weighted by molar-refractivity contribution is 5.90. The second-order valence-corrected chi connectivity index (χ2v) is 3.26. The standard InChI is InChI=1S/C10H11N5O/c11-8-5-13-15(6-8)7-10(16)14-9-1-3-12-4-2-9/h1-6H,7,11H2,(H,12,14,16). The summed E-state index contributed by atoms with van der Waals surface area (Å²) in [6.07, 6.45) is 6.33. The van der Waals surface area contributed by atoms with E-state index in [2.05, 4.69) is 15.4 Å². The lowest BCUT2D eigenvalue weighted by Crippen LogP contribution is -2.18. The Labute approximate surface area is 92.1 Å². The molecule has 0 spiro atoms. The van der Waals surface area contributed by atoms with E-state index in [0.717, 1.165) is 0 Å². The van der Waals surface area contributed by atoms with Crippen LogP contribution in [-0.2, 0) is 11.3 Å². The molecular formula is C10H11N5O. The van der Waals surface area contributed by atoms with Crippen molar-refractivity contribution in [2.45, 2.75) is 6.54 Å². The molecule has 82 valence electrons. The SMILES string of the molecule is Nc1cnn(CC(=O)Nc2ccncc2)c1. The quantitative estimate of drug-likeness (QED) is 0.783. The molecule has 2 aromatic rings. The predicted molar refractivity (Wildman–Crippen MR) is 59.5 cm³/mol. The molecule has 0 aromatic carbocycles. The van der Waals surface area contributed by atoms with Gasteiger partial charge in [0.25, 0.3) is 0 Å². The molecule has 3 N–H and O–H groups in total. The summed E-state index contributed by atoms with van der Waals surface area (Å²) in [7, 11) is 0. The molecule has 0 unspecified atom stereocenters. The number of carbonyl (C=O) groups is 1. The summed E-state index contributed by atoms with van der Waals surface area (Å²) >= 11 is 0. The van der Waals surface area contributed by atoms with Crippen LogP contribution in [0.5, 0.6) is 0 Å². The van der Waals surface area contributed by atoms with Crippen LogP contribution in [0.4, 0.5) is 11.4 Å². The van der Waals surface area contributed by atoms with Crippen LogP contribution >= 0.6 is 0 Å². The molecule has 2 rings (SSSR count). The summed E-state index contributed by atoms with van der Waals surface area (Å²) < 4.78 is 1.48. The lowest BCUT2D eigenvalue weighted by Gasteiger charge is -2.04. The molecule has 2 heterocycles. The molecule has 2 aromatic heterocycles.